The van der Waals surface area contributed by atoms with Gasteiger partial charge in [0.1, 0.15) is 17.5 Å². The minimum absolute atomic E-state index is 0.426. The first-order valence-corrected chi connectivity index (χ1v) is 7.41. The zero-order valence-electron chi connectivity index (χ0n) is 11.8. The third kappa shape index (κ3) is 2.86. The van der Waals surface area contributed by atoms with Crippen molar-refractivity contribution in [1.82, 2.24) is 9.97 Å². The van der Waals surface area contributed by atoms with Crippen molar-refractivity contribution in [2.45, 2.75) is 44.3 Å². The molecular weight excluding hydrogens is 256 g/mol. The molecule has 0 bridgehead atoms. The van der Waals surface area contributed by atoms with Gasteiger partial charge in [-0.25, -0.2) is 9.97 Å². The molecular formula is C14H22N4O2. The number of aliphatic hydroxyl groups excluding tert-OH is 2. The van der Waals surface area contributed by atoms with E-state index in [-0.39, 0.29) is 0 Å². The average Bonchev–Trinajstić information content (AvgIpc) is 3.23. The Bertz CT molecular complexity index is 468. The first kappa shape index (κ1) is 13.6. The van der Waals surface area contributed by atoms with Gasteiger partial charge in [-0.3, -0.25) is 0 Å². The second kappa shape index (κ2) is 5.54. The summed E-state index contributed by atoms with van der Waals surface area (Å²) in [6, 6.07) is 1.91. The van der Waals surface area contributed by atoms with Crippen LogP contribution in [-0.4, -0.2) is 52.0 Å². The fraction of sp³-hybridized carbons (Fsp3) is 0.714. The van der Waals surface area contributed by atoms with Crippen LogP contribution in [0.5, 0.6) is 0 Å². The first-order chi connectivity index (χ1) is 9.67. The number of nitrogens with one attached hydrogen (secondary N) is 1. The van der Waals surface area contributed by atoms with E-state index in [0.29, 0.717) is 19.0 Å². The molecule has 1 aromatic rings. The van der Waals surface area contributed by atoms with Gasteiger partial charge in [0, 0.05) is 31.6 Å². The molecule has 2 fully saturated rings. The summed E-state index contributed by atoms with van der Waals surface area (Å²) in [5, 5.41) is 22.7. The van der Waals surface area contributed by atoms with Crippen LogP contribution >= 0.6 is 0 Å². The molecule has 1 aliphatic heterocycles. The highest BCUT2D eigenvalue weighted by atomic mass is 16.3. The molecule has 0 spiro atoms. The van der Waals surface area contributed by atoms with Crippen molar-refractivity contribution in [2.24, 2.45) is 0 Å². The van der Waals surface area contributed by atoms with E-state index in [1.807, 2.05) is 11.0 Å². The second-order valence-electron chi connectivity index (χ2n) is 5.71. The van der Waals surface area contributed by atoms with Gasteiger partial charge < -0.3 is 20.4 Å². The summed E-state index contributed by atoms with van der Waals surface area (Å²) < 4.78 is 0. The SMILES string of the molecule is CCCNc1cc(N2CC(O)C(O)C2)nc(C2CC2)n1. The van der Waals surface area contributed by atoms with Crippen molar-refractivity contribution in [1.29, 1.82) is 0 Å². The van der Waals surface area contributed by atoms with E-state index in [1.165, 1.54) is 0 Å². The minimum Gasteiger partial charge on any atom is -0.389 e. The van der Waals surface area contributed by atoms with E-state index in [0.717, 1.165) is 43.3 Å². The molecule has 0 amide bonds. The Morgan fingerprint density at radius 1 is 1.25 bits per heavy atom. The van der Waals surface area contributed by atoms with Gasteiger partial charge in [-0.05, 0) is 19.3 Å². The number of hydrogen-bond donors (Lipinski definition) is 3. The van der Waals surface area contributed by atoms with Gasteiger partial charge in [0.05, 0.1) is 12.2 Å². The predicted molar refractivity (Wildman–Crippen MR) is 77.0 cm³/mol. The summed E-state index contributed by atoms with van der Waals surface area (Å²) in [5.74, 6) is 3.01. The topological polar surface area (TPSA) is 81.5 Å². The molecule has 1 saturated carbocycles. The Kier molecular flexibility index (Phi) is 3.76. The van der Waals surface area contributed by atoms with Gasteiger partial charge in [0.2, 0.25) is 0 Å². The largest absolute Gasteiger partial charge is 0.389 e. The highest BCUT2D eigenvalue weighted by Gasteiger charge is 2.32. The highest BCUT2D eigenvalue weighted by Crippen LogP contribution is 2.39. The van der Waals surface area contributed by atoms with Crippen molar-refractivity contribution in [2.75, 3.05) is 29.9 Å². The molecule has 6 nitrogen and oxygen atoms in total. The van der Waals surface area contributed by atoms with E-state index >= 15 is 0 Å². The second-order valence-corrected chi connectivity index (χ2v) is 5.71. The number of anilines is 2. The highest BCUT2D eigenvalue weighted by molar-refractivity contribution is 5.51. The molecule has 3 rings (SSSR count). The van der Waals surface area contributed by atoms with Crippen LogP contribution in [0, 0.1) is 0 Å². The van der Waals surface area contributed by atoms with Gasteiger partial charge in [0.15, 0.2) is 0 Å². The lowest BCUT2D eigenvalue weighted by Crippen LogP contribution is -2.23. The molecule has 2 heterocycles. The van der Waals surface area contributed by atoms with Crippen LogP contribution < -0.4 is 10.2 Å². The van der Waals surface area contributed by atoms with E-state index in [9.17, 15) is 10.2 Å². The maximum absolute atomic E-state index is 9.68. The van der Waals surface area contributed by atoms with Crippen molar-refractivity contribution >= 4 is 11.6 Å². The number of hydrogen-bond acceptors (Lipinski definition) is 6. The van der Waals surface area contributed by atoms with Gasteiger partial charge in [-0.1, -0.05) is 6.92 Å². The Balaban J connectivity index is 1.83. The third-order valence-corrected chi connectivity index (χ3v) is 3.81. The molecule has 0 radical (unpaired) electrons. The summed E-state index contributed by atoms with van der Waals surface area (Å²) in [4.78, 5) is 11.1. The minimum atomic E-state index is -0.693. The Hall–Kier alpha value is -1.40. The average molecular weight is 278 g/mol. The normalized spacial score (nSPS) is 26.1. The molecule has 1 saturated heterocycles. The van der Waals surface area contributed by atoms with Gasteiger partial charge in [-0.2, -0.15) is 0 Å². The number of nitrogens with zero attached hydrogens (tertiary/aromatic N) is 3. The van der Waals surface area contributed by atoms with E-state index in [2.05, 4.69) is 22.2 Å². The summed E-state index contributed by atoms with van der Waals surface area (Å²) in [6.45, 7) is 3.85. The molecule has 110 valence electrons. The maximum atomic E-state index is 9.68. The molecule has 2 unspecified atom stereocenters. The fourth-order valence-electron chi connectivity index (χ4n) is 2.44. The Morgan fingerprint density at radius 3 is 2.55 bits per heavy atom. The molecule has 6 heteroatoms. The Labute approximate surface area is 118 Å². The molecule has 1 aliphatic carbocycles. The lowest BCUT2D eigenvalue weighted by atomic mass is 10.3. The van der Waals surface area contributed by atoms with Crippen molar-refractivity contribution in [3.63, 3.8) is 0 Å². The smallest absolute Gasteiger partial charge is 0.136 e. The first-order valence-electron chi connectivity index (χ1n) is 7.41. The van der Waals surface area contributed by atoms with Gasteiger partial charge in [0.25, 0.3) is 0 Å². The molecule has 20 heavy (non-hydrogen) atoms. The van der Waals surface area contributed by atoms with Gasteiger partial charge in [-0.15, -0.1) is 0 Å². The quantitative estimate of drug-likeness (QED) is 0.736. The summed E-state index contributed by atoms with van der Waals surface area (Å²) in [5.41, 5.74) is 0. The zero-order chi connectivity index (χ0) is 14.1. The molecule has 3 N–H and O–H groups in total. The molecule has 2 aliphatic rings. The standard InChI is InChI=1S/C14H22N4O2/c1-2-5-15-12-6-13(17-14(16-12)9-3-4-9)18-7-10(19)11(20)8-18/h6,9-11,19-20H,2-5,7-8H2,1H3,(H,15,16,17). The van der Waals surface area contributed by atoms with Crippen molar-refractivity contribution in [3.05, 3.63) is 11.9 Å². The lowest BCUT2D eigenvalue weighted by Gasteiger charge is -2.18. The molecule has 2 atom stereocenters. The van der Waals surface area contributed by atoms with Crippen LogP contribution in [0.25, 0.3) is 0 Å². The number of rotatable bonds is 5. The van der Waals surface area contributed by atoms with Gasteiger partial charge >= 0.3 is 0 Å². The van der Waals surface area contributed by atoms with Crippen molar-refractivity contribution < 1.29 is 10.2 Å². The third-order valence-electron chi connectivity index (χ3n) is 3.81. The Morgan fingerprint density at radius 2 is 1.95 bits per heavy atom. The van der Waals surface area contributed by atoms with Crippen LogP contribution in [0.3, 0.4) is 0 Å². The fourth-order valence-corrected chi connectivity index (χ4v) is 2.44. The zero-order valence-corrected chi connectivity index (χ0v) is 11.8. The predicted octanol–water partition coefficient (Wildman–Crippen LogP) is 0.718. The number of aromatic nitrogens is 2. The molecule has 1 aromatic heterocycles. The number of β-amino-alcohol motifs (C(OH)–C–C–N with tert-alkyl or cyclic N) is 2. The van der Waals surface area contributed by atoms with E-state index in [4.69, 9.17) is 0 Å². The van der Waals surface area contributed by atoms with Crippen LogP contribution in [0.15, 0.2) is 6.07 Å². The number of aliphatic hydroxyl groups is 2. The summed E-state index contributed by atoms with van der Waals surface area (Å²) in [6.07, 6.45) is 1.96. The van der Waals surface area contributed by atoms with E-state index in [1.54, 1.807) is 0 Å². The lowest BCUT2D eigenvalue weighted by molar-refractivity contribution is 0.0572. The summed E-state index contributed by atoms with van der Waals surface area (Å²) in [7, 11) is 0. The van der Waals surface area contributed by atoms with Crippen molar-refractivity contribution in [3.8, 4) is 0 Å². The van der Waals surface area contributed by atoms with Crippen LogP contribution in [-0.2, 0) is 0 Å². The van der Waals surface area contributed by atoms with Crippen LogP contribution in [0.1, 0.15) is 37.9 Å². The summed E-state index contributed by atoms with van der Waals surface area (Å²) >= 11 is 0. The van der Waals surface area contributed by atoms with Crippen LogP contribution in [0.4, 0.5) is 11.6 Å². The maximum Gasteiger partial charge on any atom is 0.136 e. The van der Waals surface area contributed by atoms with E-state index < -0.39 is 12.2 Å². The molecule has 0 aromatic carbocycles. The van der Waals surface area contributed by atoms with Crippen LogP contribution in [0.2, 0.25) is 0 Å². The monoisotopic (exact) mass is 278 g/mol.